The lowest BCUT2D eigenvalue weighted by Gasteiger charge is -2.51. The minimum Gasteiger partial charge on any atom is -0.423 e. The zero-order chi connectivity index (χ0) is 24.8. The van der Waals surface area contributed by atoms with Gasteiger partial charge in [-0.3, -0.25) is 4.79 Å². The van der Waals surface area contributed by atoms with Crippen molar-refractivity contribution < 1.29 is 23.6 Å². The first-order valence-corrected chi connectivity index (χ1v) is 13.9. The summed E-state index contributed by atoms with van der Waals surface area (Å²) in [5, 5.41) is 22.3. The number of fused-ring (bicyclic) bond motifs is 5. The van der Waals surface area contributed by atoms with Gasteiger partial charge in [0.1, 0.15) is 0 Å². The van der Waals surface area contributed by atoms with Crippen LogP contribution in [0.3, 0.4) is 0 Å². The van der Waals surface area contributed by atoms with Crippen LogP contribution in [0.4, 0.5) is 8.78 Å². The molecule has 192 valence electrons. The van der Waals surface area contributed by atoms with Gasteiger partial charge in [0.05, 0.1) is 0 Å². The maximum Gasteiger partial charge on any atom is 0.488 e. The highest BCUT2D eigenvalue weighted by Gasteiger charge is 2.67. The molecule has 4 aliphatic carbocycles. The van der Waals surface area contributed by atoms with Gasteiger partial charge in [0.25, 0.3) is 5.92 Å². The molecule has 7 heteroatoms. The number of hydrogen-bond donors (Lipinski definition) is 3. The number of nitrogens with one attached hydrogen (secondary N) is 1. The minimum atomic E-state index is -2.66. The second-order valence-corrected chi connectivity index (χ2v) is 12.1. The highest BCUT2D eigenvalue weighted by molar-refractivity contribution is 6.58. The van der Waals surface area contributed by atoms with E-state index in [1.807, 2.05) is 19.1 Å². The summed E-state index contributed by atoms with van der Waals surface area (Å²) in [5.41, 5.74) is 1.89. The zero-order valence-electron chi connectivity index (χ0n) is 20.9. The van der Waals surface area contributed by atoms with Crippen molar-refractivity contribution >= 4 is 18.5 Å². The fourth-order valence-electron chi connectivity index (χ4n) is 8.35. The third-order valence-corrected chi connectivity index (χ3v) is 10.1. The van der Waals surface area contributed by atoms with Crippen molar-refractivity contribution in [2.24, 2.45) is 23.2 Å². The number of carbonyl (C=O) groups excluding carboxylic acids is 1. The molecule has 3 unspecified atom stereocenters. The van der Waals surface area contributed by atoms with Gasteiger partial charge in [0, 0.05) is 24.3 Å². The summed E-state index contributed by atoms with van der Waals surface area (Å²) in [4.78, 5) is 12.5. The Hall–Kier alpha value is -1.47. The first kappa shape index (κ1) is 25.2. The van der Waals surface area contributed by atoms with E-state index in [4.69, 9.17) is 0 Å². The number of hydrogen-bond acceptors (Lipinski definition) is 3. The van der Waals surface area contributed by atoms with Gasteiger partial charge in [-0.1, -0.05) is 44.4 Å². The fraction of sp³-hybridized carbons (Fsp3) is 0.750. The molecule has 4 aliphatic rings. The van der Waals surface area contributed by atoms with Crippen molar-refractivity contribution in [3.8, 4) is 0 Å². The predicted molar refractivity (Wildman–Crippen MR) is 134 cm³/mol. The third kappa shape index (κ3) is 4.68. The SMILES string of the molecule is C[C@]12CCC3c4ccc(B(O)O)cc4CCC3C1[C@@H](CCCC(=O)NC1CCCCC1)CC2(F)F. The molecule has 3 N–H and O–H groups in total. The molecular weight excluding hydrogens is 447 g/mol. The molecule has 0 bridgehead atoms. The summed E-state index contributed by atoms with van der Waals surface area (Å²) in [7, 11) is -1.49. The van der Waals surface area contributed by atoms with Crippen molar-refractivity contribution in [1.29, 1.82) is 0 Å². The average Bonchev–Trinajstić information content (AvgIpc) is 3.04. The molecule has 5 rings (SSSR count). The van der Waals surface area contributed by atoms with E-state index in [1.54, 1.807) is 6.07 Å². The summed E-state index contributed by atoms with van der Waals surface area (Å²) in [5.74, 6) is -2.19. The van der Waals surface area contributed by atoms with Crippen LogP contribution < -0.4 is 10.8 Å². The smallest absolute Gasteiger partial charge is 0.423 e. The summed E-state index contributed by atoms with van der Waals surface area (Å²) in [6, 6.07) is 5.95. The first-order chi connectivity index (χ1) is 16.7. The molecule has 5 atom stereocenters. The Morgan fingerprint density at radius 3 is 2.66 bits per heavy atom. The molecule has 0 aromatic heterocycles. The van der Waals surface area contributed by atoms with Crippen LogP contribution in [-0.2, 0) is 11.2 Å². The second kappa shape index (κ2) is 9.77. The molecule has 0 spiro atoms. The average molecular weight is 487 g/mol. The van der Waals surface area contributed by atoms with E-state index < -0.39 is 18.5 Å². The largest absolute Gasteiger partial charge is 0.488 e. The number of amides is 1. The second-order valence-electron chi connectivity index (χ2n) is 12.1. The maximum atomic E-state index is 15.5. The van der Waals surface area contributed by atoms with Crippen LogP contribution in [0.2, 0.25) is 0 Å². The van der Waals surface area contributed by atoms with E-state index in [2.05, 4.69) is 5.32 Å². The maximum absolute atomic E-state index is 15.5. The zero-order valence-corrected chi connectivity index (χ0v) is 20.9. The summed E-state index contributed by atoms with van der Waals surface area (Å²) in [6.45, 7) is 1.82. The van der Waals surface area contributed by atoms with Gasteiger partial charge >= 0.3 is 7.12 Å². The van der Waals surface area contributed by atoms with Gasteiger partial charge in [-0.25, -0.2) is 8.78 Å². The van der Waals surface area contributed by atoms with Crippen LogP contribution in [0.1, 0.15) is 101 Å². The van der Waals surface area contributed by atoms with Crippen LogP contribution >= 0.6 is 0 Å². The highest BCUT2D eigenvalue weighted by Crippen LogP contribution is 2.68. The summed E-state index contributed by atoms with van der Waals surface area (Å²) >= 11 is 0. The molecule has 3 saturated carbocycles. The van der Waals surface area contributed by atoms with Crippen LogP contribution in [0.5, 0.6) is 0 Å². The fourth-order valence-corrected chi connectivity index (χ4v) is 8.35. The standard InChI is InChI=1S/C28H40BF2NO3/c1-27-15-14-23-22-13-11-20(29(34)35)16-18(22)10-12-24(23)26(27)19(17-28(27,30)31)6-5-9-25(33)32-21-7-3-2-4-8-21/h11,13,16,19,21,23-24,26,34-35H,2-10,12,14-15,17H2,1H3,(H,32,33)/t19-,23?,24?,26?,27-/m0/s1. The molecule has 0 heterocycles. The Bertz CT molecular complexity index is 935. The van der Waals surface area contributed by atoms with Crippen molar-refractivity contribution in [2.75, 3.05) is 0 Å². The van der Waals surface area contributed by atoms with Crippen molar-refractivity contribution in [1.82, 2.24) is 5.32 Å². The molecule has 4 nitrogen and oxygen atoms in total. The highest BCUT2D eigenvalue weighted by atomic mass is 19.3. The lowest BCUT2D eigenvalue weighted by Crippen LogP contribution is -2.47. The Kier molecular flexibility index (Phi) is 7.04. The molecule has 1 aromatic rings. The third-order valence-electron chi connectivity index (χ3n) is 10.1. The van der Waals surface area contributed by atoms with E-state index in [-0.39, 0.29) is 36.0 Å². The van der Waals surface area contributed by atoms with Gasteiger partial charge in [-0.05, 0) is 91.6 Å². The quantitative estimate of drug-likeness (QED) is 0.510. The summed E-state index contributed by atoms with van der Waals surface area (Å²) in [6.07, 6.45) is 10.4. The van der Waals surface area contributed by atoms with E-state index in [9.17, 15) is 14.8 Å². The molecular formula is C28H40BF2NO3. The first-order valence-electron chi connectivity index (χ1n) is 13.9. The molecule has 0 aliphatic heterocycles. The van der Waals surface area contributed by atoms with Crippen molar-refractivity contribution in [3.05, 3.63) is 29.3 Å². The molecule has 1 amide bonds. The van der Waals surface area contributed by atoms with Crippen LogP contribution in [0.25, 0.3) is 0 Å². The van der Waals surface area contributed by atoms with Gasteiger partial charge in [0.15, 0.2) is 0 Å². The summed E-state index contributed by atoms with van der Waals surface area (Å²) < 4.78 is 30.9. The molecule has 0 saturated heterocycles. The van der Waals surface area contributed by atoms with E-state index in [0.29, 0.717) is 37.2 Å². The topological polar surface area (TPSA) is 69.6 Å². The van der Waals surface area contributed by atoms with E-state index in [1.165, 1.54) is 24.8 Å². The number of benzene rings is 1. The van der Waals surface area contributed by atoms with Gasteiger partial charge < -0.3 is 15.4 Å². The normalized spacial score (nSPS) is 34.0. The van der Waals surface area contributed by atoms with E-state index >= 15 is 8.78 Å². The number of aryl methyl sites for hydroxylation is 1. The molecule has 0 radical (unpaired) electrons. The molecule has 35 heavy (non-hydrogen) atoms. The number of halogens is 2. The number of carbonyl (C=O) groups is 1. The Balaban J connectivity index is 1.28. The minimum absolute atomic E-state index is 0.0334. The number of rotatable bonds is 6. The van der Waals surface area contributed by atoms with E-state index in [0.717, 1.165) is 37.7 Å². The van der Waals surface area contributed by atoms with Gasteiger partial charge in [0.2, 0.25) is 5.91 Å². The Labute approximate surface area is 208 Å². The van der Waals surface area contributed by atoms with Crippen molar-refractivity contribution in [2.45, 2.75) is 108 Å². The Morgan fingerprint density at radius 2 is 1.91 bits per heavy atom. The van der Waals surface area contributed by atoms with Gasteiger partial charge in [-0.2, -0.15) is 0 Å². The van der Waals surface area contributed by atoms with Crippen molar-refractivity contribution in [3.63, 3.8) is 0 Å². The van der Waals surface area contributed by atoms with Crippen LogP contribution in [0.15, 0.2) is 18.2 Å². The van der Waals surface area contributed by atoms with Crippen LogP contribution in [0, 0.1) is 23.2 Å². The van der Waals surface area contributed by atoms with Crippen LogP contribution in [-0.4, -0.2) is 35.0 Å². The lowest BCUT2D eigenvalue weighted by atomic mass is 9.53. The molecule has 3 fully saturated rings. The Morgan fingerprint density at radius 1 is 1.14 bits per heavy atom. The predicted octanol–water partition coefficient (Wildman–Crippen LogP) is 4.70. The lowest BCUT2D eigenvalue weighted by molar-refractivity contribution is -0.133. The monoisotopic (exact) mass is 487 g/mol. The number of alkyl halides is 2. The molecule has 1 aromatic carbocycles. The van der Waals surface area contributed by atoms with Gasteiger partial charge in [-0.15, -0.1) is 0 Å².